The monoisotopic (exact) mass is 229 g/mol. The smallest absolute Gasteiger partial charge is 0.0433 e. The van der Waals surface area contributed by atoms with Crippen LogP contribution in [0.3, 0.4) is 0 Å². The molecular formula is C14H31NO. The van der Waals surface area contributed by atoms with Gasteiger partial charge in [-0.25, -0.2) is 0 Å². The maximum atomic E-state index is 8.90. The van der Waals surface area contributed by atoms with Crippen LogP contribution in [0.15, 0.2) is 0 Å². The van der Waals surface area contributed by atoms with E-state index >= 15 is 0 Å². The van der Waals surface area contributed by atoms with Gasteiger partial charge in [0.05, 0.1) is 0 Å². The first-order valence-corrected chi connectivity index (χ1v) is 7.11. The van der Waals surface area contributed by atoms with Crippen LogP contribution in [-0.2, 0) is 0 Å². The van der Waals surface area contributed by atoms with Crippen molar-refractivity contribution in [2.45, 2.75) is 59.3 Å². The third-order valence-corrected chi connectivity index (χ3v) is 3.60. The molecule has 0 rings (SSSR count). The minimum absolute atomic E-state index is 0.359. The van der Waals surface area contributed by atoms with Crippen LogP contribution in [0.1, 0.15) is 59.3 Å². The van der Waals surface area contributed by atoms with Gasteiger partial charge in [-0.1, -0.05) is 46.5 Å². The summed E-state index contributed by atoms with van der Waals surface area (Å²) in [6.07, 6.45) is 7.52. The van der Waals surface area contributed by atoms with Crippen LogP contribution in [0, 0.1) is 5.92 Å². The molecule has 1 N–H and O–H groups in total. The summed E-state index contributed by atoms with van der Waals surface area (Å²) in [7, 11) is 0. The number of hydrogen-bond acceptors (Lipinski definition) is 2. The second kappa shape index (κ2) is 11.4. The zero-order valence-electron chi connectivity index (χ0n) is 11.5. The zero-order valence-corrected chi connectivity index (χ0v) is 11.5. The molecule has 0 aromatic rings. The van der Waals surface area contributed by atoms with Crippen LogP contribution >= 0.6 is 0 Å². The Labute approximate surface area is 102 Å². The molecule has 0 saturated heterocycles. The molecule has 1 atom stereocenters. The van der Waals surface area contributed by atoms with E-state index in [1.54, 1.807) is 0 Å². The van der Waals surface area contributed by atoms with Crippen molar-refractivity contribution in [1.29, 1.82) is 0 Å². The van der Waals surface area contributed by atoms with Crippen molar-refractivity contribution in [1.82, 2.24) is 4.90 Å². The SMILES string of the molecule is CC[C@H](CCO)CCCCCN(CC)CC. The Balaban J connectivity index is 3.37. The fraction of sp³-hybridized carbons (Fsp3) is 1.00. The Morgan fingerprint density at radius 3 is 2.12 bits per heavy atom. The highest BCUT2D eigenvalue weighted by Crippen LogP contribution is 2.16. The number of rotatable bonds is 11. The highest BCUT2D eigenvalue weighted by molar-refractivity contribution is 4.58. The van der Waals surface area contributed by atoms with Gasteiger partial charge in [-0.2, -0.15) is 0 Å². The maximum Gasteiger partial charge on any atom is 0.0433 e. The van der Waals surface area contributed by atoms with E-state index in [1.807, 2.05) is 0 Å². The van der Waals surface area contributed by atoms with Crippen LogP contribution in [0.5, 0.6) is 0 Å². The average molecular weight is 229 g/mol. The summed E-state index contributed by atoms with van der Waals surface area (Å²) in [5.74, 6) is 0.749. The third kappa shape index (κ3) is 8.12. The Kier molecular flexibility index (Phi) is 11.3. The summed E-state index contributed by atoms with van der Waals surface area (Å²) in [4.78, 5) is 2.49. The minimum Gasteiger partial charge on any atom is -0.396 e. The molecule has 0 unspecified atom stereocenters. The highest BCUT2D eigenvalue weighted by atomic mass is 16.3. The van der Waals surface area contributed by atoms with Crippen molar-refractivity contribution in [2.24, 2.45) is 5.92 Å². The van der Waals surface area contributed by atoms with Gasteiger partial charge in [-0.3, -0.25) is 0 Å². The van der Waals surface area contributed by atoms with E-state index in [-0.39, 0.29) is 0 Å². The number of aliphatic hydroxyl groups is 1. The lowest BCUT2D eigenvalue weighted by atomic mass is 9.96. The quantitative estimate of drug-likeness (QED) is 0.550. The van der Waals surface area contributed by atoms with Gasteiger partial charge in [0.25, 0.3) is 0 Å². The highest BCUT2D eigenvalue weighted by Gasteiger charge is 2.05. The number of hydrogen-bond donors (Lipinski definition) is 1. The Morgan fingerprint density at radius 1 is 0.938 bits per heavy atom. The first kappa shape index (κ1) is 15.9. The fourth-order valence-corrected chi connectivity index (χ4v) is 2.22. The van der Waals surface area contributed by atoms with Crippen LogP contribution < -0.4 is 0 Å². The molecule has 16 heavy (non-hydrogen) atoms. The van der Waals surface area contributed by atoms with Crippen molar-refractivity contribution < 1.29 is 5.11 Å². The van der Waals surface area contributed by atoms with Crippen molar-refractivity contribution in [2.75, 3.05) is 26.2 Å². The van der Waals surface area contributed by atoms with E-state index in [0.29, 0.717) is 6.61 Å². The molecular weight excluding hydrogens is 198 g/mol. The molecule has 0 aromatic carbocycles. The molecule has 0 aliphatic rings. The summed E-state index contributed by atoms with van der Waals surface area (Å²) >= 11 is 0. The molecule has 0 saturated carbocycles. The molecule has 2 heteroatoms. The minimum atomic E-state index is 0.359. The Morgan fingerprint density at radius 2 is 1.62 bits per heavy atom. The number of aliphatic hydroxyl groups excluding tert-OH is 1. The second-order valence-electron chi connectivity index (χ2n) is 4.66. The summed E-state index contributed by atoms with van der Waals surface area (Å²) in [6, 6.07) is 0. The fourth-order valence-electron chi connectivity index (χ4n) is 2.22. The molecule has 0 fully saturated rings. The van der Waals surface area contributed by atoms with Gasteiger partial charge in [-0.15, -0.1) is 0 Å². The molecule has 2 nitrogen and oxygen atoms in total. The Hall–Kier alpha value is -0.0800. The van der Waals surface area contributed by atoms with Crippen LogP contribution in [0.2, 0.25) is 0 Å². The lowest BCUT2D eigenvalue weighted by molar-refractivity contribution is 0.245. The number of nitrogens with zero attached hydrogens (tertiary/aromatic N) is 1. The van der Waals surface area contributed by atoms with E-state index in [2.05, 4.69) is 25.7 Å². The molecule has 0 aliphatic carbocycles. The first-order valence-electron chi connectivity index (χ1n) is 7.11. The van der Waals surface area contributed by atoms with E-state index < -0.39 is 0 Å². The molecule has 0 radical (unpaired) electrons. The average Bonchev–Trinajstić information content (AvgIpc) is 2.32. The van der Waals surface area contributed by atoms with Crippen molar-refractivity contribution in [3.63, 3.8) is 0 Å². The summed E-state index contributed by atoms with van der Waals surface area (Å²) in [5.41, 5.74) is 0. The van der Waals surface area contributed by atoms with E-state index in [9.17, 15) is 0 Å². The predicted molar refractivity (Wildman–Crippen MR) is 71.7 cm³/mol. The van der Waals surface area contributed by atoms with Crippen molar-refractivity contribution in [3.8, 4) is 0 Å². The molecule has 0 amide bonds. The molecule has 0 bridgehead atoms. The van der Waals surface area contributed by atoms with Crippen molar-refractivity contribution >= 4 is 0 Å². The molecule has 0 heterocycles. The van der Waals surface area contributed by atoms with Gasteiger partial charge in [0.15, 0.2) is 0 Å². The normalized spacial score (nSPS) is 13.3. The van der Waals surface area contributed by atoms with E-state index in [1.165, 1.54) is 51.7 Å². The van der Waals surface area contributed by atoms with Gasteiger partial charge in [0, 0.05) is 6.61 Å². The van der Waals surface area contributed by atoms with Gasteiger partial charge >= 0.3 is 0 Å². The molecule has 0 spiro atoms. The van der Waals surface area contributed by atoms with E-state index in [4.69, 9.17) is 5.11 Å². The van der Waals surface area contributed by atoms with Crippen LogP contribution in [-0.4, -0.2) is 36.2 Å². The van der Waals surface area contributed by atoms with Gasteiger partial charge in [0.2, 0.25) is 0 Å². The van der Waals surface area contributed by atoms with Gasteiger partial charge < -0.3 is 10.0 Å². The standard InChI is InChI=1S/C14H31NO/c1-4-14(11-13-16)10-8-7-9-12-15(5-2)6-3/h14,16H,4-13H2,1-3H3/t14-/m0/s1. The van der Waals surface area contributed by atoms with Crippen LogP contribution in [0.25, 0.3) is 0 Å². The molecule has 0 aromatic heterocycles. The Bertz CT molecular complexity index is 135. The third-order valence-electron chi connectivity index (χ3n) is 3.60. The van der Waals surface area contributed by atoms with Gasteiger partial charge in [-0.05, 0) is 38.4 Å². The molecule has 0 aliphatic heterocycles. The summed E-state index contributed by atoms with van der Waals surface area (Å²) in [6.45, 7) is 10.7. The van der Waals surface area contributed by atoms with Gasteiger partial charge in [0.1, 0.15) is 0 Å². The largest absolute Gasteiger partial charge is 0.396 e. The lowest BCUT2D eigenvalue weighted by Crippen LogP contribution is -2.23. The predicted octanol–water partition coefficient (Wildman–Crippen LogP) is 3.30. The van der Waals surface area contributed by atoms with Crippen LogP contribution in [0.4, 0.5) is 0 Å². The molecule has 98 valence electrons. The maximum absolute atomic E-state index is 8.90. The zero-order chi connectivity index (χ0) is 12.2. The number of unbranched alkanes of at least 4 members (excludes halogenated alkanes) is 2. The topological polar surface area (TPSA) is 23.5 Å². The van der Waals surface area contributed by atoms with Crippen molar-refractivity contribution in [3.05, 3.63) is 0 Å². The first-order chi connectivity index (χ1) is 7.78. The van der Waals surface area contributed by atoms with E-state index in [0.717, 1.165) is 12.3 Å². The second-order valence-corrected chi connectivity index (χ2v) is 4.66. The summed E-state index contributed by atoms with van der Waals surface area (Å²) < 4.78 is 0. The lowest BCUT2D eigenvalue weighted by Gasteiger charge is -2.18. The summed E-state index contributed by atoms with van der Waals surface area (Å²) in [5, 5.41) is 8.90.